The van der Waals surface area contributed by atoms with E-state index >= 15 is 0 Å². The maximum absolute atomic E-state index is 13.0. The largest absolute Gasteiger partial charge is 0.347 e. The van der Waals surface area contributed by atoms with Crippen LogP contribution in [0.4, 0.5) is 0 Å². The third kappa shape index (κ3) is 5.68. The van der Waals surface area contributed by atoms with Gasteiger partial charge in [0.1, 0.15) is 0 Å². The van der Waals surface area contributed by atoms with E-state index in [1.54, 1.807) is 0 Å². The van der Waals surface area contributed by atoms with E-state index < -0.39 is 0 Å². The summed E-state index contributed by atoms with van der Waals surface area (Å²) in [6.07, 6.45) is 3.59. The number of likely N-dealkylation sites (tertiary alicyclic amines) is 1. The molecule has 1 N–H and O–H groups in total. The summed E-state index contributed by atoms with van der Waals surface area (Å²) in [6, 6.07) is 19.0. The molecule has 3 rings (SSSR count). The normalized spacial score (nSPS) is 16.9. The Labute approximate surface area is 170 Å². The fourth-order valence-corrected chi connectivity index (χ4v) is 4.01. The molecule has 0 aromatic heterocycles. The minimum Gasteiger partial charge on any atom is -0.347 e. The van der Waals surface area contributed by atoms with E-state index in [2.05, 4.69) is 72.6 Å². The Bertz CT molecular complexity index is 733. The van der Waals surface area contributed by atoms with Crippen LogP contribution in [-0.2, 0) is 11.2 Å². The van der Waals surface area contributed by atoms with Gasteiger partial charge in [-0.15, -0.1) is 0 Å². The van der Waals surface area contributed by atoms with Gasteiger partial charge in [0.2, 0.25) is 5.91 Å². The molecule has 1 aliphatic heterocycles. The zero-order valence-corrected chi connectivity index (χ0v) is 17.5. The summed E-state index contributed by atoms with van der Waals surface area (Å²) < 4.78 is 0. The first kappa shape index (κ1) is 20.6. The molecular weight excluding hydrogens is 344 g/mol. The van der Waals surface area contributed by atoms with Gasteiger partial charge in [0.05, 0.1) is 12.0 Å². The average Bonchev–Trinajstić information content (AvgIpc) is 3.21. The molecule has 0 aliphatic carbocycles. The second-order valence-electron chi connectivity index (χ2n) is 8.54. The number of hydrogen-bond acceptors (Lipinski definition) is 2. The third-order valence-electron chi connectivity index (χ3n) is 5.67. The standard InChI is InChI=1S/C25H34N2O/c1-19(2)17-21-11-13-22(14-12-21)20(3)25(28)26-24(18-27-15-7-8-16-27)23-9-5-4-6-10-23/h4-6,9-14,19-20,24H,7-8,15-18H2,1-3H3,(H,26,28)/t20?,24-/m1/s1. The molecule has 1 saturated heterocycles. The SMILES string of the molecule is CC(C)Cc1ccc(C(C)C(=O)N[C@H](CN2CCCC2)c2ccccc2)cc1. The van der Waals surface area contributed by atoms with Crippen molar-refractivity contribution in [3.63, 3.8) is 0 Å². The van der Waals surface area contributed by atoms with Gasteiger partial charge in [0, 0.05) is 6.54 Å². The summed E-state index contributed by atoms with van der Waals surface area (Å²) in [7, 11) is 0. The van der Waals surface area contributed by atoms with Crippen LogP contribution >= 0.6 is 0 Å². The fraction of sp³-hybridized carbons (Fsp3) is 0.480. The van der Waals surface area contributed by atoms with Gasteiger partial charge >= 0.3 is 0 Å². The van der Waals surface area contributed by atoms with Crippen LogP contribution in [0.3, 0.4) is 0 Å². The highest BCUT2D eigenvalue weighted by Crippen LogP contribution is 2.22. The van der Waals surface area contributed by atoms with Gasteiger partial charge in [0.15, 0.2) is 0 Å². The predicted molar refractivity (Wildman–Crippen MR) is 116 cm³/mol. The Balaban J connectivity index is 1.68. The molecule has 0 saturated carbocycles. The molecule has 1 unspecified atom stereocenters. The first-order valence-electron chi connectivity index (χ1n) is 10.7. The van der Waals surface area contributed by atoms with Crippen molar-refractivity contribution in [2.75, 3.05) is 19.6 Å². The summed E-state index contributed by atoms with van der Waals surface area (Å²) >= 11 is 0. The lowest BCUT2D eigenvalue weighted by Crippen LogP contribution is -2.38. The van der Waals surface area contributed by atoms with Crippen LogP contribution in [0, 0.1) is 5.92 Å². The topological polar surface area (TPSA) is 32.3 Å². The molecule has 3 heteroatoms. The van der Waals surface area contributed by atoms with Crippen molar-refractivity contribution < 1.29 is 4.79 Å². The van der Waals surface area contributed by atoms with Crippen LogP contribution in [0.5, 0.6) is 0 Å². The molecule has 150 valence electrons. The monoisotopic (exact) mass is 378 g/mol. The van der Waals surface area contributed by atoms with Crippen LogP contribution in [0.2, 0.25) is 0 Å². The summed E-state index contributed by atoms with van der Waals surface area (Å²) in [5.74, 6) is 0.589. The number of nitrogens with zero attached hydrogens (tertiary/aromatic N) is 1. The number of benzene rings is 2. The Morgan fingerprint density at radius 2 is 1.57 bits per heavy atom. The van der Waals surface area contributed by atoms with Crippen molar-refractivity contribution in [3.8, 4) is 0 Å². The average molecular weight is 379 g/mol. The van der Waals surface area contributed by atoms with E-state index in [9.17, 15) is 4.79 Å². The van der Waals surface area contributed by atoms with Gasteiger partial charge in [-0.25, -0.2) is 0 Å². The maximum Gasteiger partial charge on any atom is 0.227 e. The highest BCUT2D eigenvalue weighted by atomic mass is 16.1. The van der Waals surface area contributed by atoms with E-state index in [4.69, 9.17) is 0 Å². The number of carbonyl (C=O) groups is 1. The zero-order chi connectivity index (χ0) is 19.9. The van der Waals surface area contributed by atoms with E-state index in [-0.39, 0.29) is 17.9 Å². The quantitative estimate of drug-likeness (QED) is 0.705. The fourth-order valence-electron chi connectivity index (χ4n) is 4.01. The first-order chi connectivity index (χ1) is 13.5. The van der Waals surface area contributed by atoms with Crippen molar-refractivity contribution >= 4 is 5.91 Å². The van der Waals surface area contributed by atoms with Gasteiger partial charge in [-0.2, -0.15) is 0 Å². The van der Waals surface area contributed by atoms with Crippen LogP contribution in [-0.4, -0.2) is 30.4 Å². The van der Waals surface area contributed by atoms with Gasteiger partial charge in [-0.3, -0.25) is 4.79 Å². The molecule has 1 aliphatic rings. The van der Waals surface area contributed by atoms with Gasteiger partial charge in [0.25, 0.3) is 0 Å². The van der Waals surface area contributed by atoms with E-state index in [1.165, 1.54) is 24.0 Å². The number of nitrogens with one attached hydrogen (secondary N) is 1. The number of hydrogen-bond donors (Lipinski definition) is 1. The minimum absolute atomic E-state index is 0.0365. The Morgan fingerprint density at radius 1 is 0.929 bits per heavy atom. The van der Waals surface area contributed by atoms with Crippen molar-refractivity contribution in [2.24, 2.45) is 5.92 Å². The highest BCUT2D eigenvalue weighted by molar-refractivity contribution is 5.83. The van der Waals surface area contributed by atoms with Crippen LogP contribution < -0.4 is 5.32 Å². The Kier molecular flexibility index (Phi) is 7.27. The van der Waals surface area contributed by atoms with Gasteiger partial charge in [-0.1, -0.05) is 68.4 Å². The van der Waals surface area contributed by atoms with E-state index in [1.807, 2.05) is 13.0 Å². The highest BCUT2D eigenvalue weighted by Gasteiger charge is 2.23. The Morgan fingerprint density at radius 3 is 2.18 bits per heavy atom. The molecule has 2 atom stereocenters. The zero-order valence-electron chi connectivity index (χ0n) is 17.5. The first-order valence-corrected chi connectivity index (χ1v) is 10.7. The summed E-state index contributed by atoms with van der Waals surface area (Å²) in [5.41, 5.74) is 3.60. The lowest BCUT2D eigenvalue weighted by molar-refractivity contribution is -0.123. The molecule has 1 amide bonds. The second kappa shape index (κ2) is 9.88. The van der Waals surface area contributed by atoms with Gasteiger partial charge < -0.3 is 10.2 Å². The molecule has 3 nitrogen and oxygen atoms in total. The van der Waals surface area contributed by atoms with E-state index in [0.717, 1.165) is 31.6 Å². The molecule has 0 spiro atoms. The molecule has 0 bridgehead atoms. The summed E-state index contributed by atoms with van der Waals surface area (Å²) in [6.45, 7) is 9.61. The van der Waals surface area contributed by atoms with Crippen LogP contribution in [0.15, 0.2) is 54.6 Å². The van der Waals surface area contributed by atoms with Crippen molar-refractivity contribution in [2.45, 2.75) is 52.0 Å². The summed E-state index contributed by atoms with van der Waals surface area (Å²) in [4.78, 5) is 15.5. The van der Waals surface area contributed by atoms with E-state index in [0.29, 0.717) is 5.92 Å². The lowest BCUT2D eigenvalue weighted by Gasteiger charge is -2.26. The predicted octanol–water partition coefficient (Wildman–Crippen LogP) is 4.94. The van der Waals surface area contributed by atoms with Gasteiger partial charge in [-0.05, 0) is 61.9 Å². The lowest BCUT2D eigenvalue weighted by atomic mass is 9.95. The summed E-state index contributed by atoms with van der Waals surface area (Å²) in [5, 5.41) is 3.32. The molecule has 1 fully saturated rings. The maximum atomic E-state index is 13.0. The number of rotatable bonds is 8. The Hall–Kier alpha value is -2.13. The molecule has 1 heterocycles. The molecular formula is C25H34N2O. The molecule has 28 heavy (non-hydrogen) atoms. The van der Waals surface area contributed by atoms with Crippen molar-refractivity contribution in [1.29, 1.82) is 0 Å². The molecule has 0 radical (unpaired) electrons. The van der Waals surface area contributed by atoms with Crippen LogP contribution in [0.25, 0.3) is 0 Å². The van der Waals surface area contributed by atoms with Crippen molar-refractivity contribution in [1.82, 2.24) is 10.2 Å². The van der Waals surface area contributed by atoms with Crippen LogP contribution in [0.1, 0.15) is 62.3 Å². The third-order valence-corrected chi connectivity index (χ3v) is 5.67. The smallest absolute Gasteiger partial charge is 0.227 e. The minimum atomic E-state index is -0.155. The van der Waals surface area contributed by atoms with Crippen molar-refractivity contribution in [3.05, 3.63) is 71.3 Å². The number of amides is 1. The molecule has 2 aromatic carbocycles. The second-order valence-corrected chi connectivity index (χ2v) is 8.54. The number of carbonyl (C=O) groups excluding carboxylic acids is 1. The molecule has 2 aromatic rings.